The number of ether oxygens (including phenoxy) is 2. The fraction of sp³-hybridized carbons (Fsp3) is 0.857. The van der Waals surface area contributed by atoms with E-state index in [9.17, 15) is 4.79 Å². The van der Waals surface area contributed by atoms with Gasteiger partial charge in [-0.2, -0.15) is 0 Å². The van der Waals surface area contributed by atoms with Gasteiger partial charge in [-0.15, -0.1) is 0 Å². The van der Waals surface area contributed by atoms with E-state index in [-0.39, 0.29) is 12.5 Å². The van der Waals surface area contributed by atoms with Crippen LogP contribution in [0.4, 0.5) is 0 Å². The summed E-state index contributed by atoms with van der Waals surface area (Å²) in [6, 6.07) is 0. The highest BCUT2D eigenvalue weighted by molar-refractivity contribution is 5.71. The molecule has 0 aromatic carbocycles. The number of nitrogens with one attached hydrogen (secondary N) is 1. The van der Waals surface area contributed by atoms with Crippen molar-refractivity contribution in [3.8, 4) is 0 Å². The van der Waals surface area contributed by atoms with Gasteiger partial charge in [-0.25, -0.2) is 0 Å². The number of hydrogen-bond donors (Lipinski definition) is 1. The topological polar surface area (TPSA) is 47.6 Å². The number of methoxy groups -OCH3 is 1. The molecule has 0 amide bonds. The highest BCUT2D eigenvalue weighted by Crippen LogP contribution is 1.72. The molecule has 0 heterocycles. The summed E-state index contributed by atoms with van der Waals surface area (Å²) in [5.74, 6) is -0.249. The first-order chi connectivity index (χ1) is 5.31. The number of hydrogen-bond acceptors (Lipinski definition) is 4. The van der Waals surface area contributed by atoms with Gasteiger partial charge in [0.25, 0.3) is 0 Å². The Bertz CT molecular complexity index is 106. The van der Waals surface area contributed by atoms with Crippen molar-refractivity contribution in [2.45, 2.75) is 6.92 Å². The maximum atomic E-state index is 10.5. The Labute approximate surface area is 66.9 Å². The third kappa shape index (κ3) is 7.29. The minimum atomic E-state index is -0.249. The van der Waals surface area contributed by atoms with Gasteiger partial charge in [0.1, 0.15) is 0 Å². The minimum absolute atomic E-state index is 0.249. The zero-order valence-electron chi connectivity index (χ0n) is 7.05. The normalized spacial score (nSPS) is 9.64. The van der Waals surface area contributed by atoms with Gasteiger partial charge in [0.2, 0.25) is 0 Å². The maximum absolute atomic E-state index is 10.5. The Morgan fingerprint density at radius 3 is 2.82 bits per heavy atom. The van der Waals surface area contributed by atoms with Crippen molar-refractivity contribution in [1.29, 1.82) is 0 Å². The van der Waals surface area contributed by atoms with Crippen LogP contribution in [0.1, 0.15) is 6.92 Å². The van der Waals surface area contributed by atoms with E-state index in [0.29, 0.717) is 19.8 Å². The van der Waals surface area contributed by atoms with E-state index in [0.717, 1.165) is 0 Å². The van der Waals surface area contributed by atoms with Gasteiger partial charge in [0, 0.05) is 13.2 Å². The van der Waals surface area contributed by atoms with Crippen LogP contribution in [0.15, 0.2) is 0 Å². The van der Waals surface area contributed by atoms with Gasteiger partial charge in [-0.05, 0) is 6.92 Å². The first-order valence-corrected chi connectivity index (χ1v) is 3.66. The second-order valence-electron chi connectivity index (χ2n) is 1.95. The first kappa shape index (κ1) is 10.4. The molecule has 0 fully saturated rings. The zero-order valence-corrected chi connectivity index (χ0v) is 7.05. The summed E-state index contributed by atoms with van der Waals surface area (Å²) in [5.41, 5.74) is 0. The van der Waals surface area contributed by atoms with Crippen molar-refractivity contribution < 1.29 is 14.3 Å². The molecule has 0 aliphatic heterocycles. The molecule has 0 bridgehead atoms. The molecule has 0 spiro atoms. The summed E-state index contributed by atoms with van der Waals surface area (Å²) in [4.78, 5) is 10.5. The van der Waals surface area contributed by atoms with E-state index in [2.05, 4.69) is 10.1 Å². The van der Waals surface area contributed by atoms with E-state index in [1.165, 1.54) is 7.11 Å². The molecule has 11 heavy (non-hydrogen) atoms. The lowest BCUT2D eigenvalue weighted by Gasteiger charge is -2.02. The van der Waals surface area contributed by atoms with Crippen molar-refractivity contribution in [2.75, 3.05) is 33.4 Å². The summed E-state index contributed by atoms with van der Waals surface area (Å²) in [5, 5.41) is 2.87. The lowest BCUT2D eigenvalue weighted by atomic mass is 10.6. The molecule has 0 aliphatic rings. The molecule has 0 rings (SSSR count). The highest BCUT2D eigenvalue weighted by atomic mass is 16.5. The number of carbonyl (C=O) groups is 1. The molecule has 4 heteroatoms. The van der Waals surface area contributed by atoms with E-state index < -0.39 is 0 Å². The number of esters is 1. The molecule has 0 radical (unpaired) electrons. The van der Waals surface area contributed by atoms with Crippen LogP contribution < -0.4 is 5.32 Å². The van der Waals surface area contributed by atoms with Gasteiger partial charge in [0.05, 0.1) is 20.3 Å². The third-order valence-corrected chi connectivity index (χ3v) is 1.12. The van der Waals surface area contributed by atoms with Crippen LogP contribution in [0, 0.1) is 0 Å². The maximum Gasteiger partial charge on any atom is 0.319 e. The average Bonchev–Trinajstić information content (AvgIpc) is 2.04. The summed E-state index contributed by atoms with van der Waals surface area (Å²) in [6.45, 7) is 4.21. The first-order valence-electron chi connectivity index (χ1n) is 3.66. The summed E-state index contributed by atoms with van der Waals surface area (Å²) in [7, 11) is 1.37. The molecule has 0 atom stereocenters. The molecule has 1 N–H and O–H groups in total. The van der Waals surface area contributed by atoms with Crippen LogP contribution in [0.25, 0.3) is 0 Å². The van der Waals surface area contributed by atoms with Gasteiger partial charge < -0.3 is 14.8 Å². The lowest BCUT2D eigenvalue weighted by Crippen LogP contribution is -2.27. The fourth-order valence-corrected chi connectivity index (χ4v) is 0.551. The molecule has 0 aliphatic carbocycles. The second-order valence-corrected chi connectivity index (χ2v) is 1.95. The average molecular weight is 161 g/mol. The van der Waals surface area contributed by atoms with Crippen LogP contribution in [-0.2, 0) is 14.3 Å². The van der Waals surface area contributed by atoms with E-state index in [1.54, 1.807) is 0 Å². The number of rotatable bonds is 6. The van der Waals surface area contributed by atoms with Crippen LogP contribution in [0.5, 0.6) is 0 Å². The SMILES string of the molecule is CCOCCNCC(=O)OC. The monoisotopic (exact) mass is 161 g/mol. The Morgan fingerprint density at radius 1 is 1.55 bits per heavy atom. The Hall–Kier alpha value is -0.610. The van der Waals surface area contributed by atoms with Crippen molar-refractivity contribution in [1.82, 2.24) is 5.32 Å². The van der Waals surface area contributed by atoms with Gasteiger partial charge in [-0.1, -0.05) is 0 Å². The van der Waals surface area contributed by atoms with Crippen LogP contribution in [0.3, 0.4) is 0 Å². The molecule has 0 unspecified atom stereocenters. The Morgan fingerprint density at radius 2 is 2.27 bits per heavy atom. The van der Waals surface area contributed by atoms with Crippen LogP contribution >= 0.6 is 0 Å². The van der Waals surface area contributed by atoms with Crippen molar-refractivity contribution in [2.24, 2.45) is 0 Å². The molecule has 0 saturated carbocycles. The van der Waals surface area contributed by atoms with Crippen LogP contribution in [0.2, 0.25) is 0 Å². The highest BCUT2D eigenvalue weighted by Gasteiger charge is 1.96. The van der Waals surface area contributed by atoms with Gasteiger partial charge in [0.15, 0.2) is 0 Å². The standard InChI is InChI=1S/C7H15NO3/c1-3-11-5-4-8-6-7(9)10-2/h8H,3-6H2,1-2H3. The predicted molar refractivity (Wildman–Crippen MR) is 41.4 cm³/mol. The molecule has 66 valence electrons. The number of carbonyl (C=O) groups excluding carboxylic acids is 1. The lowest BCUT2D eigenvalue weighted by molar-refractivity contribution is -0.139. The third-order valence-electron chi connectivity index (χ3n) is 1.12. The Kier molecular flexibility index (Phi) is 7.08. The zero-order chi connectivity index (χ0) is 8.53. The van der Waals surface area contributed by atoms with Crippen molar-refractivity contribution in [3.63, 3.8) is 0 Å². The summed E-state index contributed by atoms with van der Waals surface area (Å²) in [6.07, 6.45) is 0. The van der Waals surface area contributed by atoms with E-state index in [4.69, 9.17) is 4.74 Å². The van der Waals surface area contributed by atoms with E-state index >= 15 is 0 Å². The largest absolute Gasteiger partial charge is 0.468 e. The minimum Gasteiger partial charge on any atom is -0.468 e. The second kappa shape index (κ2) is 7.50. The molecule has 0 aromatic heterocycles. The molecular weight excluding hydrogens is 146 g/mol. The van der Waals surface area contributed by atoms with Gasteiger partial charge >= 0.3 is 5.97 Å². The molecule has 4 nitrogen and oxygen atoms in total. The quantitative estimate of drug-likeness (QED) is 0.432. The fourth-order valence-electron chi connectivity index (χ4n) is 0.551. The van der Waals surface area contributed by atoms with Gasteiger partial charge in [-0.3, -0.25) is 4.79 Å². The summed E-state index contributed by atoms with van der Waals surface area (Å²) < 4.78 is 9.45. The summed E-state index contributed by atoms with van der Waals surface area (Å²) >= 11 is 0. The predicted octanol–water partition coefficient (Wildman–Crippen LogP) is -0.215. The van der Waals surface area contributed by atoms with Crippen molar-refractivity contribution >= 4 is 5.97 Å². The van der Waals surface area contributed by atoms with Crippen molar-refractivity contribution in [3.05, 3.63) is 0 Å². The molecular formula is C7H15NO3. The molecule has 0 saturated heterocycles. The Balaban J connectivity index is 2.95. The smallest absolute Gasteiger partial charge is 0.319 e. The van der Waals surface area contributed by atoms with E-state index in [1.807, 2.05) is 6.92 Å². The van der Waals surface area contributed by atoms with Crippen LogP contribution in [-0.4, -0.2) is 39.4 Å². The molecule has 0 aromatic rings.